The van der Waals surface area contributed by atoms with Crippen LogP contribution >= 0.6 is 11.6 Å². The second kappa shape index (κ2) is 5.41. The Hall–Kier alpha value is -1.48. The minimum absolute atomic E-state index is 0.509. The molecule has 2 rings (SSSR count). The van der Waals surface area contributed by atoms with Gasteiger partial charge in [0.2, 0.25) is 0 Å². The van der Waals surface area contributed by atoms with Crippen LogP contribution in [-0.4, -0.2) is 9.55 Å². The largest absolute Gasteiger partial charge is 0.382 e. The Morgan fingerprint density at radius 1 is 1.20 bits per heavy atom. The summed E-state index contributed by atoms with van der Waals surface area (Å²) in [5.74, 6) is 0.509. The van der Waals surface area contributed by atoms with E-state index in [9.17, 15) is 0 Å². The summed E-state index contributed by atoms with van der Waals surface area (Å²) in [5, 5.41) is 0.719. The van der Waals surface area contributed by atoms with Crippen LogP contribution in [-0.2, 0) is 0 Å². The zero-order valence-corrected chi connectivity index (χ0v) is 9.57. The second-order valence-corrected chi connectivity index (χ2v) is 3.12. The van der Waals surface area contributed by atoms with Gasteiger partial charge >= 0.3 is 0 Å². The molecule has 0 saturated heterocycles. The summed E-state index contributed by atoms with van der Waals surface area (Å²) in [6.07, 6.45) is 3.42. The van der Waals surface area contributed by atoms with Crippen molar-refractivity contribution in [1.29, 1.82) is 0 Å². The van der Waals surface area contributed by atoms with E-state index in [1.807, 2.05) is 42.7 Å². The molecule has 80 valence electrons. The van der Waals surface area contributed by atoms with Gasteiger partial charge in [-0.25, -0.2) is 4.98 Å². The number of nitrogens with zero attached hydrogens (tertiary/aromatic N) is 2. The minimum Gasteiger partial charge on any atom is -0.382 e. The van der Waals surface area contributed by atoms with E-state index >= 15 is 0 Å². The molecule has 0 saturated carbocycles. The second-order valence-electron chi connectivity index (χ2n) is 2.68. The summed E-state index contributed by atoms with van der Waals surface area (Å²) in [5.41, 5.74) is 6.48. The van der Waals surface area contributed by atoms with Crippen LogP contribution < -0.4 is 5.73 Å². The molecule has 0 aliphatic heterocycles. The van der Waals surface area contributed by atoms with Gasteiger partial charge in [0.05, 0.1) is 6.20 Å². The van der Waals surface area contributed by atoms with Gasteiger partial charge < -0.3 is 10.3 Å². The van der Waals surface area contributed by atoms with Crippen molar-refractivity contribution in [2.45, 2.75) is 13.8 Å². The predicted molar refractivity (Wildman–Crippen MR) is 64.3 cm³/mol. The van der Waals surface area contributed by atoms with Gasteiger partial charge in [-0.15, -0.1) is 0 Å². The average Bonchev–Trinajstić information content (AvgIpc) is 2.69. The summed E-state index contributed by atoms with van der Waals surface area (Å²) >= 11 is 5.75. The molecule has 0 atom stereocenters. The number of anilines is 1. The number of benzene rings is 1. The average molecular weight is 224 g/mol. The Morgan fingerprint density at radius 2 is 1.80 bits per heavy atom. The van der Waals surface area contributed by atoms with Crippen molar-refractivity contribution in [1.82, 2.24) is 9.55 Å². The molecule has 0 aliphatic rings. The lowest BCUT2D eigenvalue weighted by Gasteiger charge is -2.00. The molecule has 1 aromatic heterocycles. The van der Waals surface area contributed by atoms with Crippen LogP contribution in [0.15, 0.2) is 36.8 Å². The van der Waals surface area contributed by atoms with Gasteiger partial charge in [0.25, 0.3) is 0 Å². The molecule has 0 fully saturated rings. The highest BCUT2D eigenvalue weighted by Crippen LogP contribution is 2.13. The van der Waals surface area contributed by atoms with Crippen LogP contribution in [0.3, 0.4) is 0 Å². The number of halogens is 1. The van der Waals surface area contributed by atoms with Crippen molar-refractivity contribution in [2.75, 3.05) is 5.73 Å². The first kappa shape index (κ1) is 11.6. The number of aromatic nitrogens is 2. The molecule has 2 aromatic rings. The predicted octanol–water partition coefficient (Wildman–Crippen LogP) is 3.13. The van der Waals surface area contributed by atoms with Crippen LogP contribution in [0.2, 0.25) is 5.02 Å². The highest BCUT2D eigenvalue weighted by molar-refractivity contribution is 6.30. The quantitative estimate of drug-likeness (QED) is 0.807. The van der Waals surface area contributed by atoms with E-state index in [4.69, 9.17) is 17.3 Å². The van der Waals surface area contributed by atoms with E-state index in [0.717, 1.165) is 10.7 Å². The molecule has 0 aliphatic carbocycles. The van der Waals surface area contributed by atoms with Gasteiger partial charge in [-0.2, -0.15) is 0 Å². The first-order valence-corrected chi connectivity index (χ1v) is 5.19. The number of nitrogens with two attached hydrogens (primary N) is 1. The Balaban J connectivity index is 0.000000531. The maximum atomic E-state index is 5.75. The molecule has 1 heterocycles. The Labute approximate surface area is 94.5 Å². The Morgan fingerprint density at radius 3 is 2.27 bits per heavy atom. The first-order valence-electron chi connectivity index (χ1n) is 4.81. The van der Waals surface area contributed by atoms with Crippen molar-refractivity contribution >= 4 is 17.4 Å². The topological polar surface area (TPSA) is 43.8 Å². The lowest BCUT2D eigenvalue weighted by molar-refractivity contribution is 1.06. The van der Waals surface area contributed by atoms with E-state index < -0.39 is 0 Å². The minimum atomic E-state index is 0.509. The highest BCUT2D eigenvalue weighted by Gasteiger charge is 1.96. The maximum Gasteiger partial charge on any atom is 0.141 e. The van der Waals surface area contributed by atoms with Crippen molar-refractivity contribution < 1.29 is 0 Å². The molecular weight excluding hydrogens is 210 g/mol. The SMILES string of the molecule is CC.Nc1cn(-c2ccc(Cl)cc2)cn1. The third kappa shape index (κ3) is 2.99. The number of imidazole rings is 1. The van der Waals surface area contributed by atoms with E-state index in [1.54, 1.807) is 12.5 Å². The van der Waals surface area contributed by atoms with Gasteiger partial charge in [-0.05, 0) is 24.3 Å². The van der Waals surface area contributed by atoms with Crippen molar-refractivity contribution in [3.8, 4) is 5.69 Å². The van der Waals surface area contributed by atoms with Crippen molar-refractivity contribution in [2.24, 2.45) is 0 Å². The first-order chi connectivity index (χ1) is 7.25. The van der Waals surface area contributed by atoms with Crippen molar-refractivity contribution in [3.05, 3.63) is 41.8 Å². The van der Waals surface area contributed by atoms with Crippen LogP contribution in [0.25, 0.3) is 5.69 Å². The summed E-state index contributed by atoms with van der Waals surface area (Å²) in [6, 6.07) is 7.47. The van der Waals surface area contributed by atoms with E-state index in [1.165, 1.54) is 0 Å². The number of nitrogen functional groups attached to an aromatic ring is 1. The molecule has 15 heavy (non-hydrogen) atoms. The molecule has 1 aromatic carbocycles. The third-order valence-electron chi connectivity index (χ3n) is 1.73. The fourth-order valence-corrected chi connectivity index (χ4v) is 1.22. The number of hydrogen-bond acceptors (Lipinski definition) is 2. The Kier molecular flexibility index (Phi) is 4.18. The Bertz CT molecular complexity index is 406. The molecule has 3 nitrogen and oxygen atoms in total. The van der Waals surface area contributed by atoms with Crippen LogP contribution in [0.1, 0.15) is 13.8 Å². The van der Waals surface area contributed by atoms with E-state index in [2.05, 4.69) is 4.98 Å². The summed E-state index contributed by atoms with van der Waals surface area (Å²) in [7, 11) is 0. The van der Waals surface area contributed by atoms with Gasteiger partial charge in [0.15, 0.2) is 0 Å². The standard InChI is InChI=1S/C9H8ClN3.C2H6/c10-7-1-3-8(4-2-7)13-5-9(11)12-6-13;1-2/h1-6H,11H2;1-2H3. The third-order valence-corrected chi connectivity index (χ3v) is 1.98. The fraction of sp³-hybridized carbons (Fsp3) is 0.182. The molecule has 0 unspecified atom stereocenters. The van der Waals surface area contributed by atoms with Crippen LogP contribution in [0, 0.1) is 0 Å². The fourth-order valence-electron chi connectivity index (χ4n) is 1.09. The molecule has 0 radical (unpaired) electrons. The van der Waals surface area contributed by atoms with E-state index in [0.29, 0.717) is 5.82 Å². The zero-order valence-electron chi connectivity index (χ0n) is 8.81. The lowest BCUT2D eigenvalue weighted by atomic mass is 10.3. The molecule has 0 spiro atoms. The molecular formula is C11H14ClN3. The number of hydrogen-bond donors (Lipinski definition) is 1. The zero-order chi connectivity index (χ0) is 11.3. The van der Waals surface area contributed by atoms with Crippen LogP contribution in [0.4, 0.5) is 5.82 Å². The van der Waals surface area contributed by atoms with Gasteiger partial charge in [-0.1, -0.05) is 25.4 Å². The normalized spacial score (nSPS) is 9.27. The van der Waals surface area contributed by atoms with E-state index in [-0.39, 0.29) is 0 Å². The summed E-state index contributed by atoms with van der Waals surface area (Å²) < 4.78 is 1.84. The summed E-state index contributed by atoms with van der Waals surface area (Å²) in [6.45, 7) is 4.00. The lowest BCUT2D eigenvalue weighted by Crippen LogP contribution is -1.88. The highest BCUT2D eigenvalue weighted by atomic mass is 35.5. The number of rotatable bonds is 1. The van der Waals surface area contributed by atoms with Gasteiger partial charge in [-0.3, -0.25) is 0 Å². The smallest absolute Gasteiger partial charge is 0.141 e. The van der Waals surface area contributed by atoms with Gasteiger partial charge in [0, 0.05) is 10.7 Å². The van der Waals surface area contributed by atoms with Crippen molar-refractivity contribution in [3.63, 3.8) is 0 Å². The molecule has 0 bridgehead atoms. The molecule has 2 N–H and O–H groups in total. The molecule has 4 heteroatoms. The molecule has 0 amide bonds. The monoisotopic (exact) mass is 223 g/mol. The van der Waals surface area contributed by atoms with Gasteiger partial charge in [0.1, 0.15) is 12.1 Å². The summed E-state index contributed by atoms with van der Waals surface area (Å²) in [4.78, 5) is 3.92. The maximum absolute atomic E-state index is 5.75. The van der Waals surface area contributed by atoms with Crippen LogP contribution in [0.5, 0.6) is 0 Å².